The Kier molecular flexibility index (Phi) is 7.34. The highest BCUT2D eigenvalue weighted by molar-refractivity contribution is 5.85. The van der Waals surface area contributed by atoms with Gasteiger partial charge in [0, 0.05) is 13.1 Å². The van der Waals surface area contributed by atoms with Crippen LogP contribution < -0.4 is 5.32 Å². The molecule has 23 heavy (non-hydrogen) atoms. The minimum atomic E-state index is 0. The number of rotatable bonds is 4. The molecular formula is C18H27ClN2O2. The fraction of sp³-hybridized carbons (Fsp3) is 0.611. The molecule has 2 heterocycles. The molecule has 4 nitrogen and oxygen atoms in total. The number of nitrogens with one attached hydrogen (secondary N) is 1. The molecule has 0 spiro atoms. The molecule has 2 aliphatic rings. The topological polar surface area (TPSA) is 41.6 Å². The van der Waals surface area contributed by atoms with Gasteiger partial charge in [0.05, 0.1) is 18.8 Å². The van der Waals surface area contributed by atoms with Crippen LogP contribution >= 0.6 is 12.4 Å². The molecule has 5 heteroatoms. The normalized spacial score (nSPS) is 22.4. The van der Waals surface area contributed by atoms with Crippen LogP contribution in [0.1, 0.15) is 37.7 Å². The zero-order chi connectivity index (χ0) is 15.2. The predicted molar refractivity (Wildman–Crippen MR) is 93.7 cm³/mol. The average molecular weight is 339 g/mol. The number of hydrogen-bond donors (Lipinski definition) is 1. The van der Waals surface area contributed by atoms with E-state index in [4.69, 9.17) is 4.74 Å². The number of nitrogens with zero attached hydrogens (tertiary/aromatic N) is 1. The van der Waals surface area contributed by atoms with Gasteiger partial charge in [0.2, 0.25) is 5.91 Å². The van der Waals surface area contributed by atoms with Gasteiger partial charge in [-0.25, -0.2) is 0 Å². The molecule has 0 bridgehead atoms. The summed E-state index contributed by atoms with van der Waals surface area (Å²) in [5.74, 6) is 0.293. The van der Waals surface area contributed by atoms with Gasteiger partial charge in [0.25, 0.3) is 0 Å². The molecule has 1 N–H and O–H groups in total. The summed E-state index contributed by atoms with van der Waals surface area (Å²) in [7, 11) is 0. The lowest BCUT2D eigenvalue weighted by molar-refractivity contribution is -0.136. The quantitative estimate of drug-likeness (QED) is 0.917. The van der Waals surface area contributed by atoms with Crippen LogP contribution in [0.5, 0.6) is 0 Å². The van der Waals surface area contributed by atoms with Gasteiger partial charge < -0.3 is 15.0 Å². The van der Waals surface area contributed by atoms with Crippen LogP contribution in [0.3, 0.4) is 0 Å². The van der Waals surface area contributed by atoms with Crippen molar-refractivity contribution in [1.82, 2.24) is 10.2 Å². The van der Waals surface area contributed by atoms with E-state index in [9.17, 15) is 4.79 Å². The molecule has 1 amide bonds. The molecule has 2 aliphatic heterocycles. The van der Waals surface area contributed by atoms with Gasteiger partial charge >= 0.3 is 0 Å². The van der Waals surface area contributed by atoms with Crippen molar-refractivity contribution in [2.75, 3.05) is 19.6 Å². The van der Waals surface area contributed by atoms with Gasteiger partial charge in [-0.05, 0) is 37.8 Å². The smallest absolute Gasteiger partial charge is 0.239 e. The van der Waals surface area contributed by atoms with Crippen molar-refractivity contribution in [2.24, 2.45) is 0 Å². The Bertz CT molecular complexity index is 469. The molecule has 1 unspecified atom stereocenters. The molecule has 2 saturated heterocycles. The van der Waals surface area contributed by atoms with E-state index >= 15 is 0 Å². The van der Waals surface area contributed by atoms with E-state index in [0.29, 0.717) is 12.5 Å². The van der Waals surface area contributed by atoms with Crippen molar-refractivity contribution in [1.29, 1.82) is 0 Å². The van der Waals surface area contributed by atoms with Gasteiger partial charge in [-0.3, -0.25) is 4.79 Å². The number of halogens is 1. The average Bonchev–Trinajstić information content (AvgIpc) is 2.61. The molecule has 3 rings (SSSR count). The van der Waals surface area contributed by atoms with E-state index in [-0.39, 0.29) is 24.6 Å². The van der Waals surface area contributed by atoms with Crippen molar-refractivity contribution in [2.45, 2.75) is 50.9 Å². The van der Waals surface area contributed by atoms with Crippen LogP contribution in [0.25, 0.3) is 0 Å². The highest BCUT2D eigenvalue weighted by Gasteiger charge is 2.29. The van der Waals surface area contributed by atoms with Crippen molar-refractivity contribution in [3.63, 3.8) is 0 Å². The number of ether oxygens (including phenoxy) is 1. The second-order valence-corrected chi connectivity index (χ2v) is 6.32. The van der Waals surface area contributed by atoms with Crippen molar-refractivity contribution in [3.8, 4) is 0 Å². The van der Waals surface area contributed by atoms with E-state index in [2.05, 4.69) is 17.4 Å². The third kappa shape index (κ3) is 5.20. The molecule has 2 fully saturated rings. The van der Waals surface area contributed by atoms with Crippen LogP contribution in [-0.2, 0) is 16.1 Å². The fourth-order valence-electron chi connectivity index (χ4n) is 3.31. The monoisotopic (exact) mass is 338 g/mol. The van der Waals surface area contributed by atoms with Crippen molar-refractivity contribution in [3.05, 3.63) is 35.9 Å². The van der Waals surface area contributed by atoms with E-state index in [1.807, 2.05) is 23.1 Å². The lowest BCUT2D eigenvalue weighted by Gasteiger charge is -2.35. The van der Waals surface area contributed by atoms with Gasteiger partial charge in [0.1, 0.15) is 0 Å². The zero-order valence-electron chi connectivity index (χ0n) is 13.6. The lowest BCUT2D eigenvalue weighted by Crippen LogP contribution is -2.51. The Morgan fingerprint density at radius 1 is 1.13 bits per heavy atom. The van der Waals surface area contributed by atoms with Crippen molar-refractivity contribution < 1.29 is 9.53 Å². The van der Waals surface area contributed by atoms with Gasteiger partial charge in [0.15, 0.2) is 0 Å². The third-order valence-electron chi connectivity index (χ3n) is 4.69. The summed E-state index contributed by atoms with van der Waals surface area (Å²) in [6.45, 7) is 3.31. The van der Waals surface area contributed by atoms with Crippen LogP contribution in [0.15, 0.2) is 30.3 Å². The minimum absolute atomic E-state index is 0. The molecule has 0 aliphatic carbocycles. The minimum Gasteiger partial charge on any atom is -0.373 e. The first-order valence-corrected chi connectivity index (χ1v) is 8.50. The van der Waals surface area contributed by atoms with E-state index in [1.54, 1.807) is 0 Å². The molecule has 0 saturated carbocycles. The molecular weight excluding hydrogens is 312 g/mol. The number of likely N-dealkylation sites (tertiary alicyclic amines) is 1. The molecule has 1 aromatic rings. The van der Waals surface area contributed by atoms with Gasteiger partial charge in [-0.15, -0.1) is 12.4 Å². The summed E-state index contributed by atoms with van der Waals surface area (Å²) in [4.78, 5) is 14.5. The maximum absolute atomic E-state index is 12.5. The summed E-state index contributed by atoms with van der Waals surface area (Å²) in [5, 5.41) is 3.35. The van der Waals surface area contributed by atoms with Crippen LogP contribution in [-0.4, -0.2) is 42.6 Å². The Balaban J connectivity index is 0.00000192. The van der Waals surface area contributed by atoms with Gasteiger partial charge in [-0.2, -0.15) is 0 Å². The Morgan fingerprint density at radius 3 is 2.52 bits per heavy atom. The first-order chi connectivity index (χ1) is 10.8. The summed E-state index contributed by atoms with van der Waals surface area (Å²) in [6.07, 6.45) is 5.53. The van der Waals surface area contributed by atoms with Crippen LogP contribution in [0.4, 0.5) is 0 Å². The molecule has 1 aromatic carbocycles. The molecule has 1 atom stereocenters. The number of piperidine rings is 2. The third-order valence-corrected chi connectivity index (χ3v) is 4.69. The lowest BCUT2D eigenvalue weighted by atomic mass is 10.0. The van der Waals surface area contributed by atoms with E-state index in [0.717, 1.165) is 38.9 Å². The van der Waals surface area contributed by atoms with Crippen LogP contribution in [0.2, 0.25) is 0 Å². The summed E-state index contributed by atoms with van der Waals surface area (Å²) in [6, 6.07) is 10.3. The standard InChI is InChI=1S/C18H26N2O2.ClH/c21-18(17-8-4-5-11-19-17)20-12-9-16(10-13-20)22-14-15-6-2-1-3-7-15;/h1-3,6-7,16-17,19H,4-5,8-14H2;1H. The summed E-state index contributed by atoms with van der Waals surface area (Å²) >= 11 is 0. The SMILES string of the molecule is Cl.O=C(C1CCCCN1)N1CCC(OCc2ccccc2)CC1. The number of carbonyl (C=O) groups is 1. The molecule has 0 radical (unpaired) electrons. The first-order valence-electron chi connectivity index (χ1n) is 8.50. The Morgan fingerprint density at radius 2 is 1.87 bits per heavy atom. The summed E-state index contributed by atoms with van der Waals surface area (Å²) < 4.78 is 5.99. The Labute approximate surface area is 145 Å². The fourth-order valence-corrected chi connectivity index (χ4v) is 3.31. The number of amides is 1. The number of carbonyl (C=O) groups excluding carboxylic acids is 1. The highest BCUT2D eigenvalue weighted by atomic mass is 35.5. The maximum atomic E-state index is 12.5. The largest absolute Gasteiger partial charge is 0.373 e. The zero-order valence-corrected chi connectivity index (χ0v) is 14.4. The number of benzene rings is 1. The second-order valence-electron chi connectivity index (χ2n) is 6.32. The first kappa shape index (κ1) is 18.2. The maximum Gasteiger partial charge on any atom is 0.239 e. The van der Waals surface area contributed by atoms with E-state index in [1.165, 1.54) is 18.4 Å². The highest BCUT2D eigenvalue weighted by Crippen LogP contribution is 2.18. The van der Waals surface area contributed by atoms with E-state index < -0.39 is 0 Å². The van der Waals surface area contributed by atoms with Crippen LogP contribution in [0, 0.1) is 0 Å². The van der Waals surface area contributed by atoms with Crippen molar-refractivity contribution >= 4 is 18.3 Å². The Hall–Kier alpha value is -1.10. The van der Waals surface area contributed by atoms with Gasteiger partial charge in [-0.1, -0.05) is 36.8 Å². The second kappa shape index (κ2) is 9.26. The molecule has 0 aromatic heterocycles. The number of hydrogen-bond acceptors (Lipinski definition) is 3. The molecule has 128 valence electrons. The predicted octanol–water partition coefficient (Wildman–Crippen LogP) is 2.76. The summed E-state index contributed by atoms with van der Waals surface area (Å²) in [5.41, 5.74) is 1.22.